The van der Waals surface area contributed by atoms with Crippen molar-refractivity contribution in [3.8, 4) is 0 Å². The first-order chi connectivity index (χ1) is 8.61. The Hall–Kier alpha value is -1.95. The number of likely N-dealkylation sites (N-methyl/N-ethyl adjacent to an activating group) is 1. The molecule has 0 aliphatic carbocycles. The number of nitro groups is 1. The average Bonchev–Trinajstić information content (AvgIpc) is 2.25. The third-order valence-corrected chi connectivity index (χ3v) is 2.62. The van der Waals surface area contributed by atoms with Crippen molar-refractivity contribution in [1.82, 2.24) is 0 Å². The van der Waals surface area contributed by atoms with Gasteiger partial charge in [-0.15, -0.1) is 0 Å². The fourth-order valence-electron chi connectivity index (χ4n) is 1.87. The Labute approximate surface area is 111 Å². The van der Waals surface area contributed by atoms with Gasteiger partial charge in [0, 0.05) is 25.3 Å². The fourth-order valence-corrected chi connectivity index (χ4v) is 1.87. The standard InChI is InChI=1S/C13H18N2O4/c1-9(16)11-7-10(5-6-12(11)15(18)19)14(4)8-13(2,3)17/h5-7,17H,8H2,1-4H3. The molecule has 0 aliphatic rings. The van der Waals surface area contributed by atoms with Gasteiger partial charge in [0.2, 0.25) is 0 Å². The molecule has 0 radical (unpaired) electrons. The predicted octanol–water partition coefficient (Wildman–Crippen LogP) is 2.00. The summed E-state index contributed by atoms with van der Waals surface area (Å²) in [6.45, 7) is 4.98. The van der Waals surface area contributed by atoms with Crippen LogP contribution in [0.2, 0.25) is 0 Å². The Bertz CT molecular complexity index is 506. The number of hydrogen-bond donors (Lipinski definition) is 1. The minimum Gasteiger partial charge on any atom is -0.389 e. The van der Waals surface area contributed by atoms with Gasteiger partial charge in [-0.3, -0.25) is 14.9 Å². The normalized spacial score (nSPS) is 11.2. The van der Waals surface area contributed by atoms with E-state index in [9.17, 15) is 20.0 Å². The highest BCUT2D eigenvalue weighted by Crippen LogP contribution is 2.25. The molecule has 0 heterocycles. The number of ketones is 1. The quantitative estimate of drug-likeness (QED) is 0.500. The molecule has 0 amide bonds. The number of nitrogens with zero attached hydrogens (tertiary/aromatic N) is 2. The summed E-state index contributed by atoms with van der Waals surface area (Å²) >= 11 is 0. The molecule has 0 saturated heterocycles. The van der Waals surface area contributed by atoms with Crippen molar-refractivity contribution in [2.75, 3.05) is 18.5 Å². The molecule has 1 N–H and O–H groups in total. The van der Waals surface area contributed by atoms with Crippen molar-refractivity contribution in [3.05, 3.63) is 33.9 Å². The van der Waals surface area contributed by atoms with E-state index in [4.69, 9.17) is 0 Å². The lowest BCUT2D eigenvalue weighted by Crippen LogP contribution is -2.36. The highest BCUT2D eigenvalue weighted by molar-refractivity contribution is 5.99. The second-order valence-electron chi connectivity index (χ2n) is 5.18. The van der Waals surface area contributed by atoms with Crippen molar-refractivity contribution in [2.45, 2.75) is 26.4 Å². The van der Waals surface area contributed by atoms with Gasteiger partial charge in [-0.2, -0.15) is 0 Å². The third-order valence-electron chi connectivity index (χ3n) is 2.62. The second-order valence-corrected chi connectivity index (χ2v) is 5.18. The summed E-state index contributed by atoms with van der Waals surface area (Å²) in [5, 5.41) is 20.6. The van der Waals surface area contributed by atoms with E-state index in [0.717, 1.165) is 0 Å². The van der Waals surface area contributed by atoms with Gasteiger partial charge in [0.15, 0.2) is 5.78 Å². The van der Waals surface area contributed by atoms with Crippen LogP contribution in [0, 0.1) is 10.1 Å². The zero-order chi connectivity index (χ0) is 14.8. The minimum absolute atomic E-state index is 0.0742. The van der Waals surface area contributed by atoms with Crippen LogP contribution in [0.15, 0.2) is 18.2 Å². The molecule has 0 saturated carbocycles. The molecule has 1 aromatic rings. The average molecular weight is 266 g/mol. The Morgan fingerprint density at radius 3 is 2.47 bits per heavy atom. The molecule has 0 unspecified atom stereocenters. The smallest absolute Gasteiger partial charge is 0.280 e. The predicted molar refractivity (Wildman–Crippen MR) is 72.7 cm³/mol. The lowest BCUT2D eigenvalue weighted by atomic mass is 10.1. The molecule has 19 heavy (non-hydrogen) atoms. The van der Waals surface area contributed by atoms with Crippen LogP contribution < -0.4 is 4.90 Å². The molecule has 0 spiro atoms. The van der Waals surface area contributed by atoms with Gasteiger partial charge in [-0.1, -0.05) is 0 Å². The number of benzene rings is 1. The molecule has 1 rings (SSSR count). The zero-order valence-corrected chi connectivity index (χ0v) is 11.5. The summed E-state index contributed by atoms with van der Waals surface area (Å²) in [6.07, 6.45) is 0. The number of carbonyl (C=O) groups excluding carboxylic acids is 1. The summed E-state index contributed by atoms with van der Waals surface area (Å²) in [7, 11) is 1.75. The van der Waals surface area contributed by atoms with E-state index in [0.29, 0.717) is 12.2 Å². The molecule has 0 atom stereocenters. The third kappa shape index (κ3) is 4.03. The van der Waals surface area contributed by atoms with Gasteiger partial charge < -0.3 is 10.0 Å². The fraction of sp³-hybridized carbons (Fsp3) is 0.462. The van der Waals surface area contributed by atoms with E-state index in [-0.39, 0.29) is 17.0 Å². The first kappa shape index (κ1) is 15.1. The van der Waals surface area contributed by atoms with Crippen molar-refractivity contribution >= 4 is 17.2 Å². The molecule has 0 aliphatic heterocycles. The van der Waals surface area contributed by atoms with Gasteiger partial charge in [-0.25, -0.2) is 0 Å². The first-order valence-electron chi connectivity index (χ1n) is 5.85. The zero-order valence-electron chi connectivity index (χ0n) is 11.5. The molecule has 6 nitrogen and oxygen atoms in total. The Morgan fingerprint density at radius 2 is 2.05 bits per heavy atom. The lowest BCUT2D eigenvalue weighted by Gasteiger charge is -2.27. The summed E-state index contributed by atoms with van der Waals surface area (Å²) in [6, 6.07) is 4.36. The molecular weight excluding hydrogens is 248 g/mol. The maximum Gasteiger partial charge on any atom is 0.280 e. The van der Waals surface area contributed by atoms with Crippen LogP contribution in [0.25, 0.3) is 0 Å². The van der Waals surface area contributed by atoms with Gasteiger partial charge >= 0.3 is 0 Å². The van der Waals surface area contributed by atoms with E-state index in [1.54, 1.807) is 31.9 Å². The summed E-state index contributed by atoms with van der Waals surface area (Å²) in [5.41, 5.74) is -0.372. The van der Waals surface area contributed by atoms with Crippen LogP contribution in [0.4, 0.5) is 11.4 Å². The number of hydrogen-bond acceptors (Lipinski definition) is 5. The molecule has 0 bridgehead atoms. The van der Waals surface area contributed by atoms with Gasteiger partial charge in [0.25, 0.3) is 5.69 Å². The maximum absolute atomic E-state index is 11.5. The highest BCUT2D eigenvalue weighted by atomic mass is 16.6. The van der Waals surface area contributed by atoms with E-state index in [2.05, 4.69) is 0 Å². The molecule has 6 heteroatoms. The minimum atomic E-state index is -0.896. The maximum atomic E-state index is 11.5. The van der Waals surface area contributed by atoms with Crippen LogP contribution in [0.3, 0.4) is 0 Å². The van der Waals surface area contributed by atoms with E-state index in [1.165, 1.54) is 19.1 Å². The SMILES string of the molecule is CC(=O)c1cc(N(C)CC(C)(C)O)ccc1[N+](=O)[O-]. The molecule has 0 aromatic heterocycles. The van der Waals surface area contributed by atoms with Crippen LogP contribution in [0.1, 0.15) is 31.1 Å². The van der Waals surface area contributed by atoms with E-state index >= 15 is 0 Å². The molecular formula is C13H18N2O4. The van der Waals surface area contributed by atoms with Crippen molar-refractivity contribution in [2.24, 2.45) is 0 Å². The highest BCUT2D eigenvalue weighted by Gasteiger charge is 2.21. The number of aliphatic hydroxyl groups is 1. The van der Waals surface area contributed by atoms with Gasteiger partial charge in [-0.05, 0) is 32.9 Å². The topological polar surface area (TPSA) is 83.7 Å². The molecule has 104 valence electrons. The number of rotatable bonds is 5. The van der Waals surface area contributed by atoms with Crippen LogP contribution >= 0.6 is 0 Å². The van der Waals surface area contributed by atoms with E-state index < -0.39 is 10.5 Å². The Balaban J connectivity index is 3.15. The molecule has 0 fully saturated rings. The summed E-state index contributed by atoms with van der Waals surface area (Å²) < 4.78 is 0. The van der Waals surface area contributed by atoms with Crippen LogP contribution in [0.5, 0.6) is 0 Å². The van der Waals surface area contributed by atoms with E-state index in [1.807, 2.05) is 0 Å². The van der Waals surface area contributed by atoms with Crippen molar-refractivity contribution < 1.29 is 14.8 Å². The van der Waals surface area contributed by atoms with Gasteiger partial charge in [0.1, 0.15) is 0 Å². The monoisotopic (exact) mass is 266 g/mol. The summed E-state index contributed by atoms with van der Waals surface area (Å²) in [5.74, 6) is -0.356. The van der Waals surface area contributed by atoms with Crippen molar-refractivity contribution in [1.29, 1.82) is 0 Å². The Kier molecular flexibility index (Phi) is 4.26. The van der Waals surface area contributed by atoms with Gasteiger partial charge in [0.05, 0.1) is 16.1 Å². The number of Topliss-reactive ketones (excluding diaryl/α,β-unsaturated/α-hetero) is 1. The largest absolute Gasteiger partial charge is 0.389 e. The first-order valence-corrected chi connectivity index (χ1v) is 5.85. The van der Waals surface area contributed by atoms with Crippen LogP contribution in [-0.4, -0.2) is 35.0 Å². The Morgan fingerprint density at radius 1 is 1.47 bits per heavy atom. The number of nitro benzene ring substituents is 1. The second kappa shape index (κ2) is 5.36. The number of carbonyl (C=O) groups is 1. The lowest BCUT2D eigenvalue weighted by molar-refractivity contribution is -0.385. The molecule has 1 aromatic carbocycles. The van der Waals surface area contributed by atoms with Crippen LogP contribution in [-0.2, 0) is 0 Å². The summed E-state index contributed by atoms with van der Waals surface area (Å²) in [4.78, 5) is 23.5. The van der Waals surface area contributed by atoms with Crippen molar-refractivity contribution in [3.63, 3.8) is 0 Å². The number of anilines is 1.